The quantitative estimate of drug-likeness (QED) is 0.281. The zero-order chi connectivity index (χ0) is 28.2. The van der Waals surface area contributed by atoms with Crippen LogP contribution in [0.4, 0.5) is 5.69 Å². The lowest BCUT2D eigenvalue weighted by atomic mass is 9.88. The van der Waals surface area contributed by atoms with E-state index < -0.39 is 0 Å². The van der Waals surface area contributed by atoms with Gasteiger partial charge in [0.1, 0.15) is 16.7 Å². The highest BCUT2D eigenvalue weighted by molar-refractivity contribution is 6.32. The Labute approximate surface area is 242 Å². The highest BCUT2D eigenvalue weighted by Crippen LogP contribution is 2.38. The van der Waals surface area contributed by atoms with Gasteiger partial charge in [-0.05, 0) is 54.5 Å². The molecule has 2 atom stereocenters. The van der Waals surface area contributed by atoms with Crippen LogP contribution in [-0.2, 0) is 25.5 Å². The third kappa shape index (κ3) is 6.24. The molecule has 2 aromatic carbocycles. The number of H-pyrrole nitrogens is 1. The van der Waals surface area contributed by atoms with E-state index in [1.54, 1.807) is 18.2 Å². The van der Waals surface area contributed by atoms with Crippen LogP contribution in [-0.4, -0.2) is 46.3 Å². The largest absolute Gasteiger partial charge is 0.469 e. The van der Waals surface area contributed by atoms with Crippen molar-refractivity contribution in [3.8, 4) is 11.3 Å². The van der Waals surface area contributed by atoms with E-state index >= 15 is 0 Å². The van der Waals surface area contributed by atoms with Gasteiger partial charge in [-0.2, -0.15) is 0 Å². The Bertz CT molecular complexity index is 1470. The molecule has 3 heterocycles. The molecule has 208 valence electrons. The predicted octanol–water partition coefficient (Wildman–Crippen LogP) is 6.22. The van der Waals surface area contributed by atoms with Gasteiger partial charge in [-0.3, -0.25) is 14.4 Å². The van der Waals surface area contributed by atoms with E-state index in [4.69, 9.17) is 32.9 Å². The maximum absolute atomic E-state index is 13.5. The van der Waals surface area contributed by atoms with Crippen molar-refractivity contribution in [3.63, 3.8) is 0 Å². The molecule has 3 aromatic rings. The summed E-state index contributed by atoms with van der Waals surface area (Å²) in [4.78, 5) is 48.0. The Balaban J connectivity index is 1.47. The molecule has 2 N–H and O–H groups in total. The second-order valence-electron chi connectivity index (χ2n) is 10.1. The first-order valence-corrected chi connectivity index (χ1v) is 14.0. The average molecular weight is 582 g/mol. The Hall–Kier alpha value is -3.62. The Morgan fingerprint density at radius 1 is 1.15 bits per heavy atom. The standard InChI is InChI=1S/C30H30Cl2N4O4/c1-40-27(39)15-18-10-11-22-23(14-18)33-25(37)9-4-2-3-8-24(30-34-28(22)29(32)35-30)36-13-12-20(17-26(36)38)19-6-5-7-21(31)16-19/h2-3,5-7,10-11,14,16,20,24H,4,8-9,12-13,15,17H2,1H3,(H,33,37)(H,34,35)/b3-2+/t20?,24-/m0/s1. The number of hydrogen-bond donors (Lipinski definition) is 2. The van der Waals surface area contributed by atoms with Gasteiger partial charge >= 0.3 is 5.97 Å². The molecule has 5 rings (SSSR count). The number of carbonyl (C=O) groups is 3. The number of aromatic nitrogens is 2. The highest BCUT2D eigenvalue weighted by atomic mass is 35.5. The molecule has 40 heavy (non-hydrogen) atoms. The minimum absolute atomic E-state index is 0.0395. The van der Waals surface area contributed by atoms with E-state index in [-0.39, 0.29) is 42.6 Å². The third-order valence-electron chi connectivity index (χ3n) is 7.40. The van der Waals surface area contributed by atoms with Crippen LogP contribution in [0.15, 0.2) is 54.6 Å². The molecule has 10 heteroatoms. The number of anilines is 1. The molecule has 0 radical (unpaired) electrons. The van der Waals surface area contributed by atoms with E-state index in [0.29, 0.717) is 64.3 Å². The first-order chi connectivity index (χ1) is 19.3. The van der Waals surface area contributed by atoms with E-state index in [9.17, 15) is 14.4 Å². The van der Waals surface area contributed by atoms with E-state index in [2.05, 4.69) is 10.3 Å². The number of likely N-dealkylation sites (tertiary alicyclic amines) is 1. The molecule has 2 aliphatic rings. The smallest absolute Gasteiger partial charge is 0.309 e. The summed E-state index contributed by atoms with van der Waals surface area (Å²) in [5.74, 6) is 0.175. The molecule has 0 spiro atoms. The number of methoxy groups -OCH3 is 1. The molecule has 1 aromatic heterocycles. The van der Waals surface area contributed by atoms with Gasteiger partial charge in [0.05, 0.1) is 25.3 Å². The van der Waals surface area contributed by atoms with Gasteiger partial charge in [0, 0.05) is 30.0 Å². The molecular weight excluding hydrogens is 551 g/mol. The van der Waals surface area contributed by atoms with Crippen molar-refractivity contribution in [1.82, 2.24) is 14.9 Å². The maximum atomic E-state index is 13.5. The van der Waals surface area contributed by atoms with Crippen LogP contribution < -0.4 is 5.32 Å². The molecule has 0 aliphatic carbocycles. The third-order valence-corrected chi connectivity index (χ3v) is 7.91. The number of nitrogens with one attached hydrogen (secondary N) is 2. The summed E-state index contributed by atoms with van der Waals surface area (Å²) >= 11 is 12.9. The predicted molar refractivity (Wildman–Crippen MR) is 154 cm³/mol. The number of esters is 1. The first kappa shape index (κ1) is 27.9. The zero-order valence-electron chi connectivity index (χ0n) is 22.1. The number of amides is 2. The molecule has 2 bridgehead atoms. The van der Waals surface area contributed by atoms with Gasteiger partial charge in [-0.1, -0.05) is 59.6 Å². The maximum Gasteiger partial charge on any atom is 0.309 e. The van der Waals surface area contributed by atoms with Crippen molar-refractivity contribution < 1.29 is 19.1 Å². The van der Waals surface area contributed by atoms with Crippen molar-refractivity contribution in [3.05, 3.63) is 81.7 Å². The van der Waals surface area contributed by atoms with Crippen LogP contribution in [0.3, 0.4) is 0 Å². The normalized spacial score (nSPS) is 20.4. The summed E-state index contributed by atoms with van der Waals surface area (Å²) < 4.78 is 4.79. The Morgan fingerprint density at radius 3 is 2.77 bits per heavy atom. The van der Waals surface area contributed by atoms with Crippen LogP contribution in [0.25, 0.3) is 11.3 Å². The van der Waals surface area contributed by atoms with Gasteiger partial charge < -0.3 is 19.9 Å². The minimum atomic E-state index is -0.382. The van der Waals surface area contributed by atoms with Crippen LogP contribution in [0.1, 0.15) is 61.0 Å². The van der Waals surface area contributed by atoms with Crippen molar-refractivity contribution in [2.75, 3.05) is 19.0 Å². The van der Waals surface area contributed by atoms with Crippen LogP contribution in [0.2, 0.25) is 10.2 Å². The number of nitrogens with zero attached hydrogens (tertiary/aromatic N) is 2. The SMILES string of the molecule is COC(=O)Cc1ccc2c(c1)NC(=O)CC/C=C/C[C@H](N1CCC(c3cccc(Cl)c3)CC1=O)c1nc-2c(Cl)[nH]1. The summed E-state index contributed by atoms with van der Waals surface area (Å²) in [5.41, 5.74) is 3.34. The molecule has 1 fully saturated rings. The van der Waals surface area contributed by atoms with Gasteiger partial charge in [-0.15, -0.1) is 0 Å². The number of aromatic amines is 1. The topological polar surface area (TPSA) is 104 Å². The van der Waals surface area contributed by atoms with Crippen molar-refractivity contribution in [1.29, 1.82) is 0 Å². The Morgan fingerprint density at radius 2 is 2.00 bits per heavy atom. The summed E-state index contributed by atoms with van der Waals surface area (Å²) in [6.45, 7) is 0.565. The number of hydrogen-bond acceptors (Lipinski definition) is 5. The number of carbonyl (C=O) groups excluding carboxylic acids is 3. The van der Waals surface area contributed by atoms with Gasteiger partial charge in [0.25, 0.3) is 0 Å². The summed E-state index contributed by atoms with van der Waals surface area (Å²) in [6, 6.07) is 12.7. The van der Waals surface area contributed by atoms with Crippen molar-refractivity contribution in [2.24, 2.45) is 0 Å². The zero-order valence-corrected chi connectivity index (χ0v) is 23.6. The second-order valence-corrected chi connectivity index (χ2v) is 10.9. The average Bonchev–Trinajstić information content (AvgIpc) is 3.31. The number of halogens is 2. The molecule has 8 nitrogen and oxygen atoms in total. The van der Waals surface area contributed by atoms with Gasteiger partial charge in [-0.25, -0.2) is 4.98 Å². The van der Waals surface area contributed by atoms with E-state index in [1.807, 2.05) is 41.3 Å². The molecule has 1 unspecified atom stereocenters. The van der Waals surface area contributed by atoms with Crippen LogP contribution >= 0.6 is 23.2 Å². The van der Waals surface area contributed by atoms with Crippen molar-refractivity contribution >= 4 is 46.7 Å². The number of piperidine rings is 1. The number of fused-ring (bicyclic) bond motifs is 4. The van der Waals surface area contributed by atoms with Gasteiger partial charge in [0.15, 0.2) is 0 Å². The van der Waals surface area contributed by atoms with Gasteiger partial charge in [0.2, 0.25) is 11.8 Å². The summed E-state index contributed by atoms with van der Waals surface area (Å²) in [7, 11) is 1.33. The highest BCUT2D eigenvalue weighted by Gasteiger charge is 2.34. The lowest BCUT2D eigenvalue weighted by Crippen LogP contribution is -2.41. The minimum Gasteiger partial charge on any atom is -0.469 e. The molecule has 1 saturated heterocycles. The van der Waals surface area contributed by atoms with E-state index in [1.165, 1.54) is 7.11 Å². The van der Waals surface area contributed by atoms with E-state index in [0.717, 1.165) is 12.0 Å². The number of benzene rings is 2. The monoisotopic (exact) mass is 580 g/mol. The fourth-order valence-corrected chi connectivity index (χ4v) is 5.78. The molecule has 2 amide bonds. The fourth-order valence-electron chi connectivity index (χ4n) is 5.34. The number of imidazole rings is 1. The summed E-state index contributed by atoms with van der Waals surface area (Å²) in [6.07, 6.45) is 6.55. The molecular formula is C30H30Cl2N4O4. The second kappa shape index (κ2) is 12.3. The summed E-state index contributed by atoms with van der Waals surface area (Å²) in [5, 5.41) is 3.92. The lowest BCUT2D eigenvalue weighted by Gasteiger charge is -2.36. The number of rotatable bonds is 4. The fraction of sp³-hybridized carbons (Fsp3) is 0.333. The number of allylic oxidation sites excluding steroid dienone is 1. The lowest BCUT2D eigenvalue weighted by molar-refractivity contribution is -0.140. The van der Waals surface area contributed by atoms with Crippen LogP contribution in [0.5, 0.6) is 0 Å². The molecule has 2 aliphatic heterocycles. The van der Waals surface area contributed by atoms with Crippen LogP contribution in [0, 0.1) is 0 Å². The first-order valence-electron chi connectivity index (χ1n) is 13.3. The van der Waals surface area contributed by atoms with Crippen molar-refractivity contribution in [2.45, 2.75) is 50.5 Å². The number of ether oxygens (including phenoxy) is 1. The Kier molecular flexibility index (Phi) is 8.57. The molecule has 0 saturated carbocycles.